The van der Waals surface area contributed by atoms with Crippen LogP contribution in [0.25, 0.3) is 0 Å². The van der Waals surface area contributed by atoms with Gasteiger partial charge in [-0.3, -0.25) is 4.79 Å². The number of hydrogen-bond acceptors (Lipinski definition) is 2. The second-order valence-electron chi connectivity index (χ2n) is 4.51. The number of rotatable bonds is 3. The number of halogens is 1. The third kappa shape index (κ3) is 1.69. The normalized spacial score (nSPS) is 17.4. The Morgan fingerprint density at radius 2 is 2.12 bits per heavy atom. The molecule has 92 valence electrons. The molecule has 0 aromatic heterocycles. The molecule has 1 saturated carbocycles. The molecule has 1 aromatic rings. The minimum Gasteiger partial charge on any atom is -0.495 e. The Balaban J connectivity index is 2.61. The Morgan fingerprint density at radius 3 is 2.53 bits per heavy atom. The maximum Gasteiger partial charge on any atom is 0.314 e. The first-order valence-corrected chi connectivity index (χ1v) is 5.97. The SMILES string of the molecule is COc1ccc(C)c(C2(C(=O)O)CCC2)c1Cl. The van der Waals surface area contributed by atoms with E-state index >= 15 is 0 Å². The lowest BCUT2D eigenvalue weighted by Gasteiger charge is -2.39. The molecular formula is C13H15ClO3. The van der Waals surface area contributed by atoms with E-state index in [1.165, 1.54) is 7.11 Å². The van der Waals surface area contributed by atoms with E-state index < -0.39 is 11.4 Å². The first-order valence-electron chi connectivity index (χ1n) is 5.60. The summed E-state index contributed by atoms with van der Waals surface area (Å²) in [5.74, 6) is -0.248. The fourth-order valence-electron chi connectivity index (χ4n) is 2.50. The van der Waals surface area contributed by atoms with Gasteiger partial charge in [0.25, 0.3) is 0 Å². The van der Waals surface area contributed by atoms with Crippen LogP contribution in [0.15, 0.2) is 12.1 Å². The zero-order valence-corrected chi connectivity index (χ0v) is 10.7. The quantitative estimate of drug-likeness (QED) is 0.901. The number of aryl methyl sites for hydroxylation is 1. The van der Waals surface area contributed by atoms with Crippen molar-refractivity contribution in [3.63, 3.8) is 0 Å². The fourth-order valence-corrected chi connectivity index (χ4v) is 2.97. The summed E-state index contributed by atoms with van der Waals surface area (Å²) >= 11 is 6.27. The van der Waals surface area contributed by atoms with Crippen LogP contribution in [0.1, 0.15) is 30.4 Å². The van der Waals surface area contributed by atoms with Crippen LogP contribution in [-0.2, 0) is 10.2 Å². The van der Waals surface area contributed by atoms with Gasteiger partial charge in [0, 0.05) is 0 Å². The van der Waals surface area contributed by atoms with E-state index in [0.717, 1.165) is 17.5 Å². The van der Waals surface area contributed by atoms with Gasteiger partial charge < -0.3 is 9.84 Å². The molecule has 2 rings (SSSR count). The van der Waals surface area contributed by atoms with E-state index in [2.05, 4.69) is 0 Å². The predicted octanol–water partition coefficient (Wildman–Crippen LogP) is 3.16. The van der Waals surface area contributed by atoms with Crippen LogP contribution >= 0.6 is 11.6 Å². The van der Waals surface area contributed by atoms with Gasteiger partial charge in [-0.15, -0.1) is 0 Å². The van der Waals surface area contributed by atoms with E-state index in [-0.39, 0.29) is 0 Å². The first kappa shape index (κ1) is 12.2. The van der Waals surface area contributed by atoms with Crippen molar-refractivity contribution in [1.82, 2.24) is 0 Å². The average molecular weight is 255 g/mol. The van der Waals surface area contributed by atoms with Crippen molar-refractivity contribution in [2.45, 2.75) is 31.6 Å². The van der Waals surface area contributed by atoms with Crippen LogP contribution in [0.3, 0.4) is 0 Å². The van der Waals surface area contributed by atoms with Gasteiger partial charge in [-0.2, -0.15) is 0 Å². The summed E-state index contributed by atoms with van der Waals surface area (Å²) in [7, 11) is 1.54. The molecular weight excluding hydrogens is 240 g/mol. The molecule has 1 aliphatic carbocycles. The molecule has 1 aliphatic rings. The number of benzene rings is 1. The highest BCUT2D eigenvalue weighted by atomic mass is 35.5. The van der Waals surface area contributed by atoms with Crippen molar-refractivity contribution in [2.75, 3.05) is 7.11 Å². The summed E-state index contributed by atoms with van der Waals surface area (Å²) in [6.45, 7) is 1.89. The van der Waals surface area contributed by atoms with Crippen LogP contribution in [0.4, 0.5) is 0 Å². The standard InChI is InChI=1S/C13H15ClO3/c1-8-4-5-9(17-2)11(14)10(8)13(12(15)16)6-3-7-13/h4-5H,3,6-7H2,1-2H3,(H,15,16). The van der Waals surface area contributed by atoms with Gasteiger partial charge in [-0.05, 0) is 37.0 Å². The molecule has 1 aromatic carbocycles. The number of aliphatic carboxylic acids is 1. The molecule has 0 aliphatic heterocycles. The van der Waals surface area contributed by atoms with Crippen LogP contribution < -0.4 is 4.74 Å². The van der Waals surface area contributed by atoms with Gasteiger partial charge in [-0.1, -0.05) is 24.1 Å². The van der Waals surface area contributed by atoms with Crippen molar-refractivity contribution in [2.24, 2.45) is 0 Å². The lowest BCUT2D eigenvalue weighted by molar-refractivity contribution is -0.147. The van der Waals surface area contributed by atoms with Crippen molar-refractivity contribution in [3.05, 3.63) is 28.3 Å². The van der Waals surface area contributed by atoms with Crippen LogP contribution in [0.5, 0.6) is 5.75 Å². The predicted molar refractivity (Wildman–Crippen MR) is 65.9 cm³/mol. The fraction of sp³-hybridized carbons (Fsp3) is 0.462. The number of carboxylic acids is 1. The van der Waals surface area contributed by atoms with Crippen LogP contribution in [0.2, 0.25) is 5.02 Å². The minimum absolute atomic E-state index is 0.439. The summed E-state index contributed by atoms with van der Waals surface area (Å²) in [6, 6.07) is 3.64. The van der Waals surface area contributed by atoms with Gasteiger partial charge >= 0.3 is 5.97 Å². The Labute approximate surface area is 105 Å². The number of methoxy groups -OCH3 is 1. The lowest BCUT2D eigenvalue weighted by atomic mass is 9.63. The van der Waals surface area contributed by atoms with Gasteiger partial charge in [0.15, 0.2) is 0 Å². The molecule has 0 heterocycles. The topological polar surface area (TPSA) is 46.5 Å². The van der Waals surface area contributed by atoms with E-state index in [4.69, 9.17) is 16.3 Å². The zero-order chi connectivity index (χ0) is 12.6. The Kier molecular flexibility index (Phi) is 3.04. The Morgan fingerprint density at radius 1 is 1.47 bits per heavy atom. The highest BCUT2D eigenvalue weighted by molar-refractivity contribution is 6.33. The molecule has 0 spiro atoms. The zero-order valence-electron chi connectivity index (χ0n) is 9.92. The lowest BCUT2D eigenvalue weighted by Crippen LogP contribution is -2.43. The Hall–Kier alpha value is -1.22. The molecule has 0 saturated heterocycles. The van der Waals surface area contributed by atoms with Crippen LogP contribution in [-0.4, -0.2) is 18.2 Å². The molecule has 4 heteroatoms. The van der Waals surface area contributed by atoms with Crippen molar-refractivity contribution < 1.29 is 14.6 Å². The van der Waals surface area contributed by atoms with Gasteiger partial charge in [0.1, 0.15) is 5.75 Å². The summed E-state index contributed by atoms with van der Waals surface area (Å²) in [5.41, 5.74) is 0.825. The maximum atomic E-state index is 11.5. The number of carbonyl (C=O) groups is 1. The van der Waals surface area contributed by atoms with Gasteiger partial charge in [-0.25, -0.2) is 0 Å². The number of carboxylic acid groups (broad SMARTS) is 1. The van der Waals surface area contributed by atoms with E-state index in [0.29, 0.717) is 23.6 Å². The van der Waals surface area contributed by atoms with Crippen molar-refractivity contribution in [3.8, 4) is 5.75 Å². The third-order valence-corrected chi connectivity index (χ3v) is 4.01. The van der Waals surface area contributed by atoms with Gasteiger partial charge in [0.05, 0.1) is 17.5 Å². The molecule has 1 N–H and O–H groups in total. The number of hydrogen-bond donors (Lipinski definition) is 1. The van der Waals surface area contributed by atoms with E-state index in [1.54, 1.807) is 6.07 Å². The highest BCUT2D eigenvalue weighted by Crippen LogP contribution is 2.49. The summed E-state index contributed by atoms with van der Waals surface area (Å²) < 4.78 is 5.16. The molecule has 0 bridgehead atoms. The second-order valence-corrected chi connectivity index (χ2v) is 4.89. The third-order valence-electron chi connectivity index (χ3n) is 3.63. The molecule has 0 atom stereocenters. The largest absolute Gasteiger partial charge is 0.495 e. The monoisotopic (exact) mass is 254 g/mol. The highest BCUT2D eigenvalue weighted by Gasteiger charge is 2.48. The summed E-state index contributed by atoms with van der Waals surface area (Å²) in [5, 5.41) is 9.89. The van der Waals surface area contributed by atoms with Crippen molar-refractivity contribution in [1.29, 1.82) is 0 Å². The summed E-state index contributed by atoms with van der Waals surface area (Å²) in [4.78, 5) is 11.5. The second kappa shape index (κ2) is 4.22. The van der Waals surface area contributed by atoms with Crippen molar-refractivity contribution >= 4 is 17.6 Å². The average Bonchev–Trinajstić information content (AvgIpc) is 2.21. The minimum atomic E-state index is -0.810. The smallest absolute Gasteiger partial charge is 0.314 e. The van der Waals surface area contributed by atoms with Gasteiger partial charge in [0.2, 0.25) is 0 Å². The van der Waals surface area contributed by atoms with E-state index in [9.17, 15) is 9.90 Å². The molecule has 0 amide bonds. The molecule has 3 nitrogen and oxygen atoms in total. The molecule has 0 radical (unpaired) electrons. The molecule has 17 heavy (non-hydrogen) atoms. The number of ether oxygens (including phenoxy) is 1. The van der Waals surface area contributed by atoms with Crippen LogP contribution in [0, 0.1) is 6.92 Å². The Bertz CT molecular complexity index is 464. The maximum absolute atomic E-state index is 11.5. The molecule has 1 fully saturated rings. The summed E-state index contributed by atoms with van der Waals surface area (Å²) in [6.07, 6.45) is 2.23. The first-order chi connectivity index (χ1) is 8.03. The molecule has 0 unspecified atom stereocenters. The van der Waals surface area contributed by atoms with E-state index in [1.807, 2.05) is 13.0 Å².